The van der Waals surface area contributed by atoms with Crippen molar-refractivity contribution < 1.29 is 4.79 Å². The Morgan fingerprint density at radius 2 is 2.24 bits per heavy atom. The molecule has 0 bridgehead atoms. The van der Waals surface area contributed by atoms with Gasteiger partial charge >= 0.3 is 169 Å². The monoisotopic (exact) mass is 423 g/mol. The first-order valence-corrected chi connectivity index (χ1v) is 10.3. The van der Waals surface area contributed by atoms with E-state index < -0.39 is 0 Å². The van der Waals surface area contributed by atoms with E-state index in [1.807, 2.05) is 45.1 Å². The van der Waals surface area contributed by atoms with Crippen molar-refractivity contribution in [1.82, 2.24) is 15.6 Å². The average molecular weight is 423 g/mol. The normalized spacial score (nSPS) is 11.7. The van der Waals surface area contributed by atoms with Gasteiger partial charge in [-0.3, -0.25) is 4.79 Å². The quantitative estimate of drug-likeness (QED) is 0.155. The minimum absolute atomic E-state index is 0.211. The van der Waals surface area contributed by atoms with Crippen molar-refractivity contribution in [3.63, 3.8) is 0 Å². The van der Waals surface area contributed by atoms with Crippen LogP contribution < -0.4 is 11.2 Å². The number of amides is 1. The molecule has 6 nitrogen and oxygen atoms in total. The number of nitrogens with two attached hydrogens (primary N) is 1. The van der Waals surface area contributed by atoms with Crippen molar-refractivity contribution in [2.75, 3.05) is 6.54 Å². The van der Waals surface area contributed by atoms with Crippen molar-refractivity contribution in [2.24, 2.45) is 10.8 Å². The van der Waals surface area contributed by atoms with Gasteiger partial charge in [0.05, 0.1) is 0 Å². The van der Waals surface area contributed by atoms with Gasteiger partial charge in [-0.25, -0.2) is 0 Å². The van der Waals surface area contributed by atoms with Crippen molar-refractivity contribution in [1.29, 1.82) is 0 Å². The topological polar surface area (TPSA) is 96.2 Å². The van der Waals surface area contributed by atoms with Crippen molar-refractivity contribution >= 4 is 49.0 Å². The molecule has 4 N–H and O–H groups in total. The molecule has 1 aromatic carbocycles. The molecule has 2 heterocycles. The summed E-state index contributed by atoms with van der Waals surface area (Å²) in [7, 11) is 0. The summed E-state index contributed by atoms with van der Waals surface area (Å²) in [6.45, 7) is 8.27. The molecule has 0 aliphatic rings. The summed E-state index contributed by atoms with van der Waals surface area (Å²) in [5.74, 6) is 2.06. The fourth-order valence-corrected chi connectivity index (χ4v) is 4.71. The van der Waals surface area contributed by atoms with Crippen LogP contribution in [0.2, 0.25) is 6.82 Å². The Balaban J connectivity index is 2.12. The van der Waals surface area contributed by atoms with Gasteiger partial charge in [0.25, 0.3) is 0 Å². The second-order valence-corrected chi connectivity index (χ2v) is 7.97. The molecule has 9 heteroatoms. The zero-order valence-electron chi connectivity index (χ0n) is 16.5. The third-order valence-corrected chi connectivity index (χ3v) is 6.63. The van der Waals surface area contributed by atoms with E-state index in [9.17, 15) is 4.79 Å². The SMILES string of the molecule is CB=Cc1sc(-c2[nH]ncc2-c2ccc(C)c(/C(CN)=N\NC=O)c2)c(C)c1S. The van der Waals surface area contributed by atoms with Crippen LogP contribution in [0.4, 0.5) is 0 Å². The maximum atomic E-state index is 10.6. The van der Waals surface area contributed by atoms with E-state index in [4.69, 9.17) is 5.73 Å². The fourth-order valence-electron chi connectivity index (χ4n) is 3.13. The van der Waals surface area contributed by atoms with E-state index in [2.05, 4.69) is 46.2 Å². The van der Waals surface area contributed by atoms with Crippen molar-refractivity contribution in [3.05, 3.63) is 46.0 Å². The molecule has 0 radical (unpaired) electrons. The van der Waals surface area contributed by atoms with Gasteiger partial charge in [-0.15, -0.1) is 0 Å². The molecule has 1 amide bonds. The molecule has 148 valence electrons. The molecule has 3 aromatic rings. The van der Waals surface area contributed by atoms with Crippen molar-refractivity contribution in [2.45, 2.75) is 25.6 Å². The Morgan fingerprint density at radius 1 is 1.45 bits per heavy atom. The number of thiol groups is 1. The van der Waals surface area contributed by atoms with Gasteiger partial charge in [0.15, 0.2) is 0 Å². The van der Waals surface area contributed by atoms with E-state index in [1.54, 1.807) is 11.3 Å². The predicted molar refractivity (Wildman–Crippen MR) is 126 cm³/mol. The second kappa shape index (κ2) is 9.34. The number of carbonyl (C=O) groups is 1. The molecular weight excluding hydrogens is 401 g/mol. The summed E-state index contributed by atoms with van der Waals surface area (Å²) in [6.07, 6.45) is 2.35. The predicted octanol–water partition coefficient (Wildman–Crippen LogP) is 3.02. The van der Waals surface area contributed by atoms with E-state index in [-0.39, 0.29) is 6.54 Å². The first-order chi connectivity index (χ1) is 14.0. The summed E-state index contributed by atoms with van der Waals surface area (Å²) >= 11 is 6.36. The zero-order chi connectivity index (χ0) is 21.0. The van der Waals surface area contributed by atoms with Crippen LogP contribution in [-0.2, 0) is 4.79 Å². The van der Waals surface area contributed by atoms with Gasteiger partial charge < -0.3 is 0 Å². The molecule has 29 heavy (non-hydrogen) atoms. The van der Waals surface area contributed by atoms with Crippen LogP contribution in [-0.4, -0.2) is 41.8 Å². The molecule has 0 spiro atoms. The number of nitrogens with zero attached hydrogens (tertiary/aromatic N) is 2. The summed E-state index contributed by atoms with van der Waals surface area (Å²) in [5.41, 5.74) is 14.8. The Hall–Kier alpha value is -2.49. The molecule has 0 saturated carbocycles. The Kier molecular flexibility index (Phi) is 6.84. The first-order valence-electron chi connectivity index (χ1n) is 9.07. The maximum absolute atomic E-state index is 10.6. The van der Waals surface area contributed by atoms with E-state index >= 15 is 0 Å². The number of H-pyrrole nitrogens is 1. The summed E-state index contributed by atoms with van der Waals surface area (Å²) in [6, 6.07) is 6.09. The number of rotatable bonds is 7. The number of hydrazone groups is 1. The van der Waals surface area contributed by atoms with Crippen LogP contribution in [0.5, 0.6) is 0 Å². The Bertz CT molecular complexity index is 1100. The number of aromatic nitrogens is 2. The van der Waals surface area contributed by atoms with Crippen LogP contribution in [0.1, 0.15) is 21.6 Å². The van der Waals surface area contributed by atoms with Gasteiger partial charge in [-0.05, 0) is 0 Å². The van der Waals surface area contributed by atoms with Gasteiger partial charge in [0.2, 0.25) is 6.41 Å². The molecule has 0 saturated heterocycles. The summed E-state index contributed by atoms with van der Waals surface area (Å²) in [4.78, 5) is 13.8. The molecule has 0 fully saturated rings. The zero-order valence-corrected chi connectivity index (χ0v) is 18.2. The molecular formula is C20H22BN5OS2. The van der Waals surface area contributed by atoms with Crippen LogP contribution in [0.15, 0.2) is 34.4 Å². The Labute approximate surface area is 179 Å². The molecule has 0 aliphatic heterocycles. The number of hydrogen-bond acceptors (Lipinski definition) is 6. The van der Waals surface area contributed by atoms with Crippen LogP contribution in [0, 0.1) is 13.8 Å². The van der Waals surface area contributed by atoms with E-state index in [1.165, 1.54) is 0 Å². The number of aromatic amines is 1. The van der Waals surface area contributed by atoms with E-state index in [0.29, 0.717) is 12.1 Å². The van der Waals surface area contributed by atoms with Gasteiger partial charge in [0, 0.05) is 0 Å². The number of aryl methyl sites for hydroxylation is 1. The molecule has 0 aliphatic carbocycles. The minimum atomic E-state index is 0.211. The molecule has 0 unspecified atom stereocenters. The standard InChI is InChI=1S/C20H22BN5OS2/c1-11-4-5-13(6-14(11)16(8-22)25-24-10-27)15-9-23-26-18(15)20-12(2)19(28)17(29-20)7-21-3/h4-7,9-10,28H,8,22H2,1-3H3,(H,23,26)(H,24,27)/b25-16-. The molecule has 3 rings (SSSR count). The van der Waals surface area contributed by atoms with Crippen LogP contribution in [0.25, 0.3) is 21.7 Å². The second-order valence-electron chi connectivity index (χ2n) is 6.47. The number of nitrogens with one attached hydrogen (secondary N) is 2. The molecule has 2 aromatic heterocycles. The Morgan fingerprint density at radius 3 is 2.93 bits per heavy atom. The fraction of sp³-hybridized carbons (Fsp3) is 0.200. The van der Waals surface area contributed by atoms with Gasteiger partial charge in [-0.2, -0.15) is 0 Å². The average Bonchev–Trinajstić information content (AvgIpc) is 3.30. The van der Waals surface area contributed by atoms with Gasteiger partial charge in [0.1, 0.15) is 0 Å². The third kappa shape index (κ3) is 4.27. The van der Waals surface area contributed by atoms with E-state index in [0.717, 1.165) is 48.2 Å². The first kappa shape index (κ1) is 21.2. The number of carbonyl (C=O) groups excluding carboxylic acids is 1. The number of benzene rings is 1. The van der Waals surface area contributed by atoms with Gasteiger partial charge in [-0.1, -0.05) is 0 Å². The summed E-state index contributed by atoms with van der Waals surface area (Å²) < 4.78 is 0. The van der Waals surface area contributed by atoms with Crippen LogP contribution >= 0.6 is 24.0 Å². The third-order valence-electron chi connectivity index (χ3n) is 4.63. The summed E-state index contributed by atoms with van der Waals surface area (Å²) in [5, 5.41) is 11.5. The number of thiophene rings is 1. The van der Waals surface area contributed by atoms with Crippen molar-refractivity contribution in [3.8, 4) is 21.7 Å². The molecule has 0 atom stereocenters. The number of hydrogen-bond donors (Lipinski definition) is 4. The van der Waals surface area contributed by atoms with Crippen LogP contribution in [0.3, 0.4) is 0 Å².